The molecule has 1 aromatic heterocycles. The van der Waals surface area contributed by atoms with E-state index < -0.39 is 0 Å². The van der Waals surface area contributed by atoms with Crippen molar-refractivity contribution in [2.45, 2.75) is 11.3 Å². The molecule has 0 aliphatic heterocycles. The quantitative estimate of drug-likeness (QED) is 0.433. The van der Waals surface area contributed by atoms with Crippen LogP contribution >= 0.6 is 23.1 Å². The van der Waals surface area contributed by atoms with E-state index in [0.29, 0.717) is 23.0 Å². The minimum Gasteiger partial charge on any atom is -0.493 e. The average molecular weight is 368 g/mol. The Morgan fingerprint density at radius 3 is 2.84 bits per heavy atom. The number of nitriles is 1. The van der Waals surface area contributed by atoms with E-state index in [4.69, 9.17) is 9.47 Å². The lowest BCUT2D eigenvalue weighted by Gasteiger charge is -2.09. The van der Waals surface area contributed by atoms with Crippen molar-refractivity contribution in [3.63, 3.8) is 0 Å². The molecule has 1 heterocycles. The van der Waals surface area contributed by atoms with Crippen LogP contribution in [0.4, 0.5) is 0 Å². The largest absolute Gasteiger partial charge is 0.493 e. The summed E-state index contributed by atoms with van der Waals surface area (Å²) in [5, 5.41) is 9.47. The Bertz CT molecular complexity index is 924. The van der Waals surface area contributed by atoms with Crippen molar-refractivity contribution in [2.24, 2.45) is 0 Å². The fourth-order valence-electron chi connectivity index (χ4n) is 2.27. The van der Waals surface area contributed by atoms with Crippen LogP contribution < -0.4 is 9.47 Å². The molecule has 0 amide bonds. The second kappa shape index (κ2) is 8.06. The molecular formula is C19H16N2O2S2. The maximum absolute atomic E-state index is 9.47. The molecule has 3 aromatic rings. The van der Waals surface area contributed by atoms with Gasteiger partial charge in [-0.25, -0.2) is 4.98 Å². The molecule has 0 fully saturated rings. The van der Waals surface area contributed by atoms with Crippen molar-refractivity contribution in [3.8, 4) is 17.6 Å². The first-order valence-electron chi connectivity index (χ1n) is 7.69. The fourth-order valence-corrected chi connectivity index (χ4v) is 4.25. The molecular weight excluding hydrogens is 352 g/mol. The summed E-state index contributed by atoms with van der Waals surface area (Å²) in [4.78, 5) is 5.13. The Morgan fingerprint density at radius 2 is 2.12 bits per heavy atom. The second-order valence-electron chi connectivity index (χ2n) is 5.01. The highest BCUT2D eigenvalue weighted by molar-refractivity contribution is 8.05. The number of aromatic nitrogens is 1. The monoisotopic (exact) mass is 368 g/mol. The van der Waals surface area contributed by atoms with Crippen molar-refractivity contribution in [3.05, 3.63) is 52.9 Å². The van der Waals surface area contributed by atoms with E-state index in [-0.39, 0.29) is 0 Å². The minimum absolute atomic E-state index is 0.572. The first-order chi connectivity index (χ1) is 12.2. The molecule has 0 bridgehead atoms. The zero-order valence-corrected chi connectivity index (χ0v) is 15.5. The highest BCUT2D eigenvalue weighted by atomic mass is 32.2. The number of benzene rings is 2. The number of ether oxygens (including phenoxy) is 2. The number of para-hydroxylation sites is 1. The number of hydrogen-bond donors (Lipinski definition) is 0. The molecule has 0 aliphatic rings. The summed E-state index contributed by atoms with van der Waals surface area (Å²) in [5.41, 5.74) is 1.83. The van der Waals surface area contributed by atoms with Crippen molar-refractivity contribution in [2.75, 3.05) is 13.7 Å². The molecule has 126 valence electrons. The van der Waals surface area contributed by atoms with Crippen LogP contribution in [0.25, 0.3) is 16.3 Å². The number of hydrogen-bond acceptors (Lipinski definition) is 6. The first kappa shape index (κ1) is 17.3. The topological polar surface area (TPSA) is 55.1 Å². The fraction of sp³-hybridized carbons (Fsp3) is 0.158. The van der Waals surface area contributed by atoms with Crippen LogP contribution in [0, 0.1) is 11.3 Å². The van der Waals surface area contributed by atoms with E-state index in [1.54, 1.807) is 18.4 Å². The van der Waals surface area contributed by atoms with Gasteiger partial charge in [-0.2, -0.15) is 5.26 Å². The Hall–Kier alpha value is -2.49. The van der Waals surface area contributed by atoms with Gasteiger partial charge < -0.3 is 9.47 Å². The maximum atomic E-state index is 9.47. The maximum Gasteiger partial charge on any atom is 0.161 e. The zero-order chi connectivity index (χ0) is 17.6. The van der Waals surface area contributed by atoms with Gasteiger partial charge in [-0.15, -0.1) is 11.3 Å². The number of thioether (sulfide) groups is 1. The standard InChI is InChI=1S/C19H16N2O2S2/c1-3-23-16-9-8-13(11-17(16)22-2)10-14(12-20)24-19-21-15-6-4-5-7-18(15)25-19/h4-11H,3H2,1-2H3/b14-10+. The van der Waals surface area contributed by atoms with Crippen LogP contribution in [0.1, 0.15) is 12.5 Å². The van der Waals surface area contributed by atoms with E-state index in [9.17, 15) is 5.26 Å². The normalized spacial score (nSPS) is 11.3. The van der Waals surface area contributed by atoms with E-state index >= 15 is 0 Å². The van der Waals surface area contributed by atoms with Gasteiger partial charge in [-0.3, -0.25) is 0 Å². The zero-order valence-electron chi connectivity index (χ0n) is 13.9. The highest BCUT2D eigenvalue weighted by Gasteiger charge is 2.09. The Balaban J connectivity index is 1.86. The second-order valence-corrected chi connectivity index (χ2v) is 7.33. The van der Waals surface area contributed by atoms with Gasteiger partial charge in [0.25, 0.3) is 0 Å². The third-order valence-electron chi connectivity index (χ3n) is 3.37. The van der Waals surface area contributed by atoms with Crippen LogP contribution in [0.5, 0.6) is 11.5 Å². The van der Waals surface area contributed by atoms with Gasteiger partial charge >= 0.3 is 0 Å². The molecule has 25 heavy (non-hydrogen) atoms. The Kier molecular flexibility index (Phi) is 5.59. The van der Waals surface area contributed by atoms with E-state index in [2.05, 4.69) is 11.1 Å². The first-order valence-corrected chi connectivity index (χ1v) is 9.33. The molecule has 6 heteroatoms. The Morgan fingerprint density at radius 1 is 1.28 bits per heavy atom. The minimum atomic E-state index is 0.572. The average Bonchev–Trinajstić information content (AvgIpc) is 3.04. The van der Waals surface area contributed by atoms with Crippen molar-refractivity contribution < 1.29 is 9.47 Å². The predicted molar refractivity (Wildman–Crippen MR) is 103 cm³/mol. The predicted octanol–water partition coefficient (Wildman–Crippen LogP) is 5.36. The van der Waals surface area contributed by atoms with Gasteiger partial charge in [-0.1, -0.05) is 18.2 Å². The molecule has 0 N–H and O–H groups in total. The molecule has 0 saturated carbocycles. The summed E-state index contributed by atoms with van der Waals surface area (Å²) in [5.74, 6) is 1.34. The summed E-state index contributed by atoms with van der Waals surface area (Å²) < 4.78 is 12.8. The van der Waals surface area contributed by atoms with Crippen LogP contribution in [0.3, 0.4) is 0 Å². The van der Waals surface area contributed by atoms with Crippen molar-refractivity contribution >= 4 is 39.4 Å². The number of thiazole rings is 1. The summed E-state index contributed by atoms with van der Waals surface area (Å²) in [6.45, 7) is 2.50. The van der Waals surface area contributed by atoms with Gasteiger partial charge in [0.1, 0.15) is 6.07 Å². The van der Waals surface area contributed by atoms with Gasteiger partial charge in [-0.05, 0) is 54.6 Å². The number of nitrogens with zero attached hydrogens (tertiary/aromatic N) is 2. The highest BCUT2D eigenvalue weighted by Crippen LogP contribution is 2.35. The van der Waals surface area contributed by atoms with Gasteiger partial charge in [0.05, 0.1) is 28.8 Å². The molecule has 4 nitrogen and oxygen atoms in total. The molecule has 2 aromatic carbocycles. The SMILES string of the molecule is CCOc1ccc(/C=C(\C#N)Sc2nc3ccccc3s2)cc1OC. The summed E-state index contributed by atoms with van der Waals surface area (Å²) in [6, 6.07) is 15.8. The molecule has 0 unspecified atom stereocenters. The lowest BCUT2D eigenvalue weighted by molar-refractivity contribution is 0.311. The third-order valence-corrected chi connectivity index (χ3v) is 5.39. The van der Waals surface area contributed by atoms with Crippen LogP contribution in [0.2, 0.25) is 0 Å². The Labute approximate surface area is 154 Å². The van der Waals surface area contributed by atoms with Gasteiger partial charge in [0, 0.05) is 0 Å². The van der Waals surface area contributed by atoms with E-state index in [1.807, 2.05) is 55.5 Å². The number of fused-ring (bicyclic) bond motifs is 1. The summed E-state index contributed by atoms with van der Waals surface area (Å²) in [7, 11) is 1.60. The smallest absolute Gasteiger partial charge is 0.161 e. The molecule has 0 radical (unpaired) electrons. The molecule has 3 rings (SSSR count). The van der Waals surface area contributed by atoms with E-state index in [1.165, 1.54) is 11.8 Å². The van der Waals surface area contributed by atoms with Crippen LogP contribution in [-0.4, -0.2) is 18.7 Å². The van der Waals surface area contributed by atoms with Gasteiger partial charge in [0.2, 0.25) is 0 Å². The molecule has 0 atom stereocenters. The third kappa shape index (κ3) is 4.13. The molecule has 0 aliphatic carbocycles. The number of rotatable bonds is 6. The summed E-state index contributed by atoms with van der Waals surface area (Å²) in [6.07, 6.45) is 1.83. The summed E-state index contributed by atoms with van der Waals surface area (Å²) >= 11 is 2.96. The lowest BCUT2D eigenvalue weighted by Crippen LogP contribution is -1.95. The number of allylic oxidation sites excluding steroid dienone is 1. The van der Waals surface area contributed by atoms with Crippen molar-refractivity contribution in [1.29, 1.82) is 5.26 Å². The van der Waals surface area contributed by atoms with Crippen LogP contribution in [-0.2, 0) is 0 Å². The molecule has 0 spiro atoms. The lowest BCUT2D eigenvalue weighted by atomic mass is 10.2. The van der Waals surface area contributed by atoms with E-state index in [0.717, 1.165) is 20.1 Å². The van der Waals surface area contributed by atoms with Gasteiger partial charge in [0.15, 0.2) is 15.8 Å². The van der Waals surface area contributed by atoms with Crippen LogP contribution in [0.15, 0.2) is 51.7 Å². The van der Waals surface area contributed by atoms with Crippen molar-refractivity contribution in [1.82, 2.24) is 4.98 Å². The number of methoxy groups -OCH3 is 1. The molecule has 0 saturated heterocycles.